The smallest absolute Gasteiger partial charge is 0.157 e. The van der Waals surface area contributed by atoms with Crippen LogP contribution < -0.4 is 5.32 Å². The molecule has 0 aliphatic heterocycles. The van der Waals surface area contributed by atoms with Gasteiger partial charge in [0.15, 0.2) is 5.65 Å². The van der Waals surface area contributed by atoms with Gasteiger partial charge in [-0.1, -0.05) is 24.3 Å². The van der Waals surface area contributed by atoms with E-state index < -0.39 is 0 Å². The fourth-order valence-corrected chi connectivity index (χ4v) is 3.02. The zero-order valence-electron chi connectivity index (χ0n) is 13.6. The number of nitrogens with one attached hydrogen (secondary N) is 1. The number of anilines is 1. The Morgan fingerprint density at radius 3 is 2.68 bits per heavy atom. The van der Waals surface area contributed by atoms with E-state index >= 15 is 0 Å². The Kier molecular flexibility index (Phi) is 3.58. The lowest BCUT2D eigenvalue weighted by atomic mass is 10.1. The highest BCUT2D eigenvalue weighted by Crippen LogP contribution is 2.26. The van der Waals surface area contributed by atoms with Crippen LogP contribution in [0.4, 0.5) is 10.2 Å². The lowest BCUT2D eigenvalue weighted by Crippen LogP contribution is -2.06. The van der Waals surface area contributed by atoms with Gasteiger partial charge in [-0.2, -0.15) is 5.26 Å². The summed E-state index contributed by atoms with van der Waals surface area (Å²) in [5.41, 5.74) is 4.84. The van der Waals surface area contributed by atoms with E-state index in [-0.39, 0.29) is 5.82 Å². The molecule has 2 heterocycles. The van der Waals surface area contributed by atoms with Crippen molar-refractivity contribution in [3.05, 3.63) is 77.1 Å². The van der Waals surface area contributed by atoms with Crippen LogP contribution in [0.3, 0.4) is 0 Å². The first-order valence-electron chi connectivity index (χ1n) is 7.96. The molecule has 0 spiro atoms. The van der Waals surface area contributed by atoms with Gasteiger partial charge in [-0.15, -0.1) is 0 Å². The Morgan fingerprint density at radius 1 is 1.16 bits per heavy atom. The molecule has 2 aromatic heterocycles. The van der Waals surface area contributed by atoms with Gasteiger partial charge in [0.05, 0.1) is 16.6 Å². The molecule has 2 aromatic carbocycles. The maximum absolute atomic E-state index is 13.1. The fraction of sp³-hybridized carbons (Fsp3) is 0.100. The van der Waals surface area contributed by atoms with Gasteiger partial charge in [-0.05, 0) is 48.4 Å². The van der Waals surface area contributed by atoms with Crippen LogP contribution in [0.1, 0.15) is 16.7 Å². The summed E-state index contributed by atoms with van der Waals surface area (Å²) < 4.78 is 15.0. The second-order valence-electron chi connectivity index (χ2n) is 5.94. The molecular formula is C20H15FN4. The van der Waals surface area contributed by atoms with Gasteiger partial charge in [0.1, 0.15) is 17.7 Å². The van der Waals surface area contributed by atoms with Crippen molar-refractivity contribution >= 4 is 22.5 Å². The molecule has 0 fully saturated rings. The molecule has 25 heavy (non-hydrogen) atoms. The molecule has 122 valence electrons. The summed E-state index contributed by atoms with van der Waals surface area (Å²) in [6.07, 6.45) is 0. The number of imidazole rings is 1. The van der Waals surface area contributed by atoms with E-state index in [1.165, 1.54) is 12.1 Å². The number of aromatic nitrogens is 2. The second kappa shape index (κ2) is 5.91. The monoisotopic (exact) mass is 330 g/mol. The van der Waals surface area contributed by atoms with Crippen LogP contribution in [-0.4, -0.2) is 9.38 Å². The second-order valence-corrected chi connectivity index (χ2v) is 5.94. The average Bonchev–Trinajstić information content (AvgIpc) is 3.00. The number of para-hydroxylation sites is 2. The normalized spacial score (nSPS) is 10.9. The topological polar surface area (TPSA) is 53.1 Å². The molecule has 4 nitrogen and oxygen atoms in total. The third kappa shape index (κ3) is 2.58. The van der Waals surface area contributed by atoms with E-state index in [2.05, 4.69) is 16.4 Å². The lowest BCUT2D eigenvalue weighted by molar-refractivity contribution is 0.627. The highest BCUT2D eigenvalue weighted by molar-refractivity contribution is 5.85. The molecule has 4 aromatic rings. The fourth-order valence-electron chi connectivity index (χ4n) is 3.02. The van der Waals surface area contributed by atoms with Gasteiger partial charge in [-0.25, -0.2) is 9.37 Å². The van der Waals surface area contributed by atoms with Crippen LogP contribution in [0.15, 0.2) is 54.6 Å². The molecule has 1 N–H and O–H groups in total. The van der Waals surface area contributed by atoms with Crippen molar-refractivity contribution in [2.45, 2.75) is 13.5 Å². The predicted molar refractivity (Wildman–Crippen MR) is 95.9 cm³/mol. The minimum absolute atomic E-state index is 0.249. The van der Waals surface area contributed by atoms with Gasteiger partial charge >= 0.3 is 0 Å². The highest BCUT2D eigenvalue weighted by Gasteiger charge is 2.14. The minimum atomic E-state index is -0.249. The quantitative estimate of drug-likeness (QED) is 0.605. The van der Waals surface area contributed by atoms with E-state index in [4.69, 9.17) is 0 Å². The first kappa shape index (κ1) is 15.2. The number of aryl methyl sites for hydroxylation is 1. The van der Waals surface area contributed by atoms with Gasteiger partial charge < -0.3 is 5.32 Å². The van der Waals surface area contributed by atoms with E-state index in [1.807, 2.05) is 41.7 Å². The van der Waals surface area contributed by atoms with Gasteiger partial charge in [0, 0.05) is 6.54 Å². The van der Waals surface area contributed by atoms with E-state index in [0.29, 0.717) is 17.8 Å². The van der Waals surface area contributed by atoms with Gasteiger partial charge in [0.2, 0.25) is 0 Å². The highest BCUT2D eigenvalue weighted by atomic mass is 19.1. The number of nitrogens with zero attached hydrogens (tertiary/aromatic N) is 3. The number of hydrogen-bond donors (Lipinski definition) is 1. The molecule has 0 saturated heterocycles. The van der Waals surface area contributed by atoms with Crippen molar-refractivity contribution in [1.29, 1.82) is 5.26 Å². The number of rotatable bonds is 3. The van der Waals surface area contributed by atoms with Gasteiger partial charge in [0.25, 0.3) is 0 Å². The Balaban J connectivity index is 1.85. The number of benzene rings is 2. The third-order valence-electron chi connectivity index (χ3n) is 4.27. The van der Waals surface area contributed by atoms with E-state index in [9.17, 15) is 9.65 Å². The number of pyridine rings is 1. The van der Waals surface area contributed by atoms with Crippen LogP contribution >= 0.6 is 0 Å². The first-order valence-corrected chi connectivity index (χ1v) is 7.96. The summed E-state index contributed by atoms with van der Waals surface area (Å²) in [6, 6.07) is 18.4. The molecule has 0 aliphatic rings. The molecule has 4 rings (SSSR count). The van der Waals surface area contributed by atoms with Crippen LogP contribution in [-0.2, 0) is 6.54 Å². The molecule has 0 amide bonds. The van der Waals surface area contributed by atoms with Crippen LogP contribution in [0.25, 0.3) is 16.7 Å². The Bertz CT molecular complexity index is 1120. The summed E-state index contributed by atoms with van der Waals surface area (Å²) in [4.78, 5) is 4.62. The van der Waals surface area contributed by atoms with Crippen molar-refractivity contribution in [3.63, 3.8) is 0 Å². The summed E-state index contributed by atoms with van der Waals surface area (Å²) in [7, 11) is 0. The molecule has 0 radical (unpaired) electrons. The summed E-state index contributed by atoms with van der Waals surface area (Å²) >= 11 is 0. The molecule has 0 aliphatic carbocycles. The van der Waals surface area contributed by atoms with Crippen molar-refractivity contribution in [1.82, 2.24) is 9.38 Å². The SMILES string of the molecule is Cc1cc(NCc2ccc(F)cc2)n2c(nc3ccccc32)c1C#N. The predicted octanol–water partition coefficient (Wildman–Crippen LogP) is 4.42. The third-order valence-corrected chi connectivity index (χ3v) is 4.27. The molecule has 0 atom stereocenters. The number of hydrogen-bond acceptors (Lipinski definition) is 3. The van der Waals surface area contributed by atoms with Crippen LogP contribution in [0.2, 0.25) is 0 Å². The largest absolute Gasteiger partial charge is 0.367 e. The van der Waals surface area contributed by atoms with Crippen molar-refractivity contribution < 1.29 is 4.39 Å². The lowest BCUT2D eigenvalue weighted by Gasteiger charge is -2.12. The van der Waals surface area contributed by atoms with Gasteiger partial charge in [-0.3, -0.25) is 4.40 Å². The standard InChI is InChI=1S/C20H15FN4/c1-13-10-19(23-12-14-6-8-15(21)9-7-14)25-18-5-3-2-4-17(18)24-20(25)16(13)11-22/h2-10,23H,12H2,1H3. The maximum atomic E-state index is 13.1. The summed E-state index contributed by atoms with van der Waals surface area (Å²) in [6.45, 7) is 2.45. The Hall–Kier alpha value is -3.39. The summed E-state index contributed by atoms with van der Waals surface area (Å²) in [5.74, 6) is 0.602. The van der Waals surface area contributed by atoms with Crippen molar-refractivity contribution in [2.75, 3.05) is 5.32 Å². The van der Waals surface area contributed by atoms with E-state index in [1.54, 1.807) is 12.1 Å². The first-order chi connectivity index (χ1) is 12.2. The molecule has 0 saturated carbocycles. The number of nitriles is 1. The van der Waals surface area contributed by atoms with Crippen LogP contribution in [0.5, 0.6) is 0 Å². The van der Waals surface area contributed by atoms with Crippen molar-refractivity contribution in [3.8, 4) is 6.07 Å². The maximum Gasteiger partial charge on any atom is 0.157 e. The Labute approximate surface area is 144 Å². The zero-order valence-corrected chi connectivity index (χ0v) is 13.6. The molecular weight excluding hydrogens is 315 g/mol. The zero-order chi connectivity index (χ0) is 17.4. The van der Waals surface area contributed by atoms with Crippen LogP contribution in [0, 0.1) is 24.1 Å². The summed E-state index contributed by atoms with van der Waals surface area (Å²) in [5, 5.41) is 12.9. The van der Waals surface area contributed by atoms with Crippen molar-refractivity contribution in [2.24, 2.45) is 0 Å². The van der Waals surface area contributed by atoms with E-state index in [0.717, 1.165) is 28.0 Å². The molecule has 0 unspecified atom stereocenters. The molecule has 5 heteroatoms. The number of fused-ring (bicyclic) bond motifs is 3. The molecule has 0 bridgehead atoms. The average molecular weight is 330 g/mol. The minimum Gasteiger partial charge on any atom is -0.367 e. The Morgan fingerprint density at radius 2 is 1.92 bits per heavy atom. The number of halogens is 1.